The Bertz CT molecular complexity index is 105. The van der Waals surface area contributed by atoms with Gasteiger partial charge in [-0.15, -0.1) is 0 Å². The molecule has 0 saturated carbocycles. The zero-order chi connectivity index (χ0) is 7.44. The fourth-order valence-electron chi connectivity index (χ4n) is 0.489. The summed E-state index contributed by atoms with van der Waals surface area (Å²) in [6.07, 6.45) is 0. The Hall–Kier alpha value is -0.220. The summed E-state index contributed by atoms with van der Waals surface area (Å²) in [5.74, 6) is -0.792. The highest BCUT2D eigenvalue weighted by molar-refractivity contribution is 7.78. The van der Waals surface area contributed by atoms with Gasteiger partial charge in [0.1, 0.15) is 6.04 Å². The van der Waals surface area contributed by atoms with Gasteiger partial charge in [0.25, 0.3) is 0 Å². The Kier molecular flexibility index (Phi) is 3.65. The van der Waals surface area contributed by atoms with Gasteiger partial charge in [0.2, 0.25) is 0 Å². The van der Waals surface area contributed by atoms with Crippen molar-refractivity contribution in [3.8, 4) is 0 Å². The average molecular weight is 149 g/mol. The van der Waals surface area contributed by atoms with E-state index in [-0.39, 0.29) is 5.92 Å². The van der Waals surface area contributed by atoms with E-state index < -0.39 is 12.0 Å². The van der Waals surface area contributed by atoms with Crippen molar-refractivity contribution < 1.29 is 9.90 Å². The van der Waals surface area contributed by atoms with Gasteiger partial charge < -0.3 is 5.11 Å². The lowest BCUT2D eigenvalue weighted by Gasteiger charge is -2.12. The molecule has 0 unspecified atom stereocenters. The Morgan fingerprint density at radius 1 is 1.67 bits per heavy atom. The fraction of sp³-hybridized carbons (Fsp3) is 0.800. The Morgan fingerprint density at radius 2 is 2.11 bits per heavy atom. The van der Waals surface area contributed by atoms with Gasteiger partial charge in [-0.2, -0.15) is 0 Å². The topological polar surface area (TPSA) is 49.3 Å². The second-order valence-electron chi connectivity index (χ2n) is 2.19. The van der Waals surface area contributed by atoms with E-state index in [4.69, 9.17) is 5.11 Å². The van der Waals surface area contributed by atoms with E-state index in [0.29, 0.717) is 0 Å². The first kappa shape index (κ1) is 8.78. The van der Waals surface area contributed by atoms with Crippen molar-refractivity contribution in [1.82, 2.24) is 4.72 Å². The molecule has 0 spiro atoms. The van der Waals surface area contributed by atoms with Crippen LogP contribution in [0.25, 0.3) is 0 Å². The molecule has 0 aromatic carbocycles. The number of hydrogen-bond acceptors (Lipinski definition) is 3. The first-order chi connectivity index (χ1) is 4.09. The standard InChI is InChI=1S/C5H11NO2S/c1-3(2)4(6-9)5(7)8/h3-4,6,9H,1-2H3,(H,7,8)/t4-/m1/s1. The number of hydrogen-bond donors (Lipinski definition) is 3. The number of rotatable bonds is 3. The van der Waals surface area contributed by atoms with Crippen molar-refractivity contribution in [1.29, 1.82) is 0 Å². The largest absolute Gasteiger partial charge is 0.480 e. The number of thiol groups is 1. The molecule has 0 rings (SSSR count). The minimum atomic E-state index is -0.861. The molecule has 0 aromatic heterocycles. The van der Waals surface area contributed by atoms with Crippen LogP contribution in [0.5, 0.6) is 0 Å². The lowest BCUT2D eigenvalue weighted by Crippen LogP contribution is -2.35. The molecule has 0 heterocycles. The van der Waals surface area contributed by atoms with Gasteiger partial charge in [0.05, 0.1) is 0 Å². The van der Waals surface area contributed by atoms with Gasteiger partial charge >= 0.3 is 5.97 Å². The van der Waals surface area contributed by atoms with Crippen molar-refractivity contribution in [2.45, 2.75) is 19.9 Å². The summed E-state index contributed by atoms with van der Waals surface area (Å²) < 4.78 is 2.40. The molecular formula is C5H11NO2S. The third-order valence-corrected chi connectivity index (χ3v) is 1.35. The summed E-state index contributed by atoms with van der Waals surface area (Å²) in [6, 6.07) is -0.548. The molecule has 4 heteroatoms. The summed E-state index contributed by atoms with van der Waals surface area (Å²) in [6.45, 7) is 3.64. The third-order valence-electron chi connectivity index (χ3n) is 1.07. The van der Waals surface area contributed by atoms with Crippen molar-refractivity contribution in [3.63, 3.8) is 0 Å². The molecule has 2 N–H and O–H groups in total. The molecule has 0 aliphatic carbocycles. The minimum Gasteiger partial charge on any atom is -0.480 e. The normalized spacial score (nSPS) is 13.8. The van der Waals surface area contributed by atoms with Crippen molar-refractivity contribution in [3.05, 3.63) is 0 Å². The van der Waals surface area contributed by atoms with Crippen molar-refractivity contribution in [2.75, 3.05) is 0 Å². The van der Waals surface area contributed by atoms with E-state index >= 15 is 0 Å². The summed E-state index contributed by atoms with van der Waals surface area (Å²) in [5, 5.41) is 8.43. The van der Waals surface area contributed by atoms with Gasteiger partial charge in [-0.25, -0.2) is 0 Å². The third kappa shape index (κ3) is 2.72. The predicted molar refractivity (Wildman–Crippen MR) is 38.4 cm³/mol. The van der Waals surface area contributed by atoms with Crippen LogP contribution >= 0.6 is 12.8 Å². The predicted octanol–water partition coefficient (Wildman–Crippen LogP) is 0.530. The van der Waals surface area contributed by atoms with Crippen LogP contribution in [0.15, 0.2) is 0 Å². The molecule has 1 atom stereocenters. The van der Waals surface area contributed by atoms with E-state index in [9.17, 15) is 4.79 Å². The molecule has 0 amide bonds. The Labute approximate surface area is 60.0 Å². The second kappa shape index (κ2) is 3.74. The van der Waals surface area contributed by atoms with Crippen LogP contribution in [0, 0.1) is 5.92 Å². The highest BCUT2D eigenvalue weighted by atomic mass is 32.1. The van der Waals surface area contributed by atoms with Gasteiger partial charge in [0, 0.05) is 0 Å². The van der Waals surface area contributed by atoms with Crippen LogP contribution in [0.1, 0.15) is 13.8 Å². The monoisotopic (exact) mass is 149 g/mol. The number of carbonyl (C=O) groups is 1. The van der Waals surface area contributed by atoms with E-state index in [0.717, 1.165) is 0 Å². The number of nitrogens with one attached hydrogen (secondary N) is 1. The molecule has 9 heavy (non-hydrogen) atoms. The smallest absolute Gasteiger partial charge is 0.321 e. The molecule has 0 aromatic rings. The first-order valence-corrected chi connectivity index (χ1v) is 3.16. The summed E-state index contributed by atoms with van der Waals surface area (Å²) in [5.41, 5.74) is 0. The molecule has 0 aliphatic heterocycles. The van der Waals surface area contributed by atoms with E-state index in [1.54, 1.807) is 0 Å². The van der Waals surface area contributed by atoms with E-state index in [1.165, 1.54) is 0 Å². The highest BCUT2D eigenvalue weighted by Crippen LogP contribution is 2.01. The highest BCUT2D eigenvalue weighted by Gasteiger charge is 2.18. The molecule has 0 bridgehead atoms. The molecular weight excluding hydrogens is 138 g/mol. The van der Waals surface area contributed by atoms with Crippen LogP contribution in [0.4, 0.5) is 0 Å². The van der Waals surface area contributed by atoms with E-state index in [1.807, 2.05) is 13.8 Å². The second-order valence-corrected chi connectivity index (χ2v) is 2.45. The molecule has 0 fully saturated rings. The summed E-state index contributed by atoms with van der Waals surface area (Å²) in [7, 11) is 0. The maximum Gasteiger partial charge on any atom is 0.321 e. The van der Waals surface area contributed by atoms with Gasteiger partial charge in [-0.05, 0) is 5.92 Å². The van der Waals surface area contributed by atoms with Crippen LogP contribution < -0.4 is 4.72 Å². The van der Waals surface area contributed by atoms with Crippen molar-refractivity contribution in [2.24, 2.45) is 5.92 Å². The van der Waals surface area contributed by atoms with Crippen LogP contribution in [0.2, 0.25) is 0 Å². The number of carboxylic acids is 1. The number of aliphatic carboxylic acids is 1. The van der Waals surface area contributed by atoms with Gasteiger partial charge in [-0.1, -0.05) is 26.7 Å². The lowest BCUT2D eigenvalue weighted by molar-refractivity contribution is -0.139. The van der Waals surface area contributed by atoms with E-state index in [2.05, 4.69) is 17.5 Å². The van der Waals surface area contributed by atoms with Crippen molar-refractivity contribution >= 4 is 18.8 Å². The Balaban J connectivity index is 3.83. The average Bonchev–Trinajstić information content (AvgIpc) is 1.64. The first-order valence-electron chi connectivity index (χ1n) is 2.72. The Morgan fingerprint density at radius 3 is 2.11 bits per heavy atom. The molecule has 54 valence electrons. The summed E-state index contributed by atoms with van der Waals surface area (Å²) in [4.78, 5) is 10.3. The minimum absolute atomic E-state index is 0.0694. The van der Waals surface area contributed by atoms with Crippen LogP contribution in [-0.4, -0.2) is 17.1 Å². The fourth-order valence-corrected chi connectivity index (χ4v) is 0.898. The van der Waals surface area contributed by atoms with Crippen LogP contribution in [0.3, 0.4) is 0 Å². The molecule has 0 radical (unpaired) electrons. The summed E-state index contributed by atoms with van der Waals surface area (Å²) >= 11 is 3.66. The maximum atomic E-state index is 10.3. The number of carboxylic acid groups (broad SMARTS) is 1. The quantitative estimate of drug-likeness (QED) is 0.513. The molecule has 3 nitrogen and oxygen atoms in total. The zero-order valence-corrected chi connectivity index (χ0v) is 6.35. The lowest BCUT2D eigenvalue weighted by atomic mass is 10.1. The van der Waals surface area contributed by atoms with Crippen LogP contribution in [-0.2, 0) is 4.79 Å². The maximum absolute atomic E-state index is 10.3. The van der Waals surface area contributed by atoms with Gasteiger partial charge in [0.15, 0.2) is 0 Å². The zero-order valence-electron chi connectivity index (χ0n) is 5.46. The molecule has 0 saturated heterocycles. The molecule has 0 aliphatic rings. The SMILES string of the molecule is CC(C)[C@@H](NS)C(=O)O. The van der Waals surface area contributed by atoms with Gasteiger partial charge in [-0.3, -0.25) is 9.52 Å².